The molecule has 2 saturated carbocycles. The van der Waals surface area contributed by atoms with Crippen LogP contribution in [0.5, 0.6) is 5.75 Å². The quantitative estimate of drug-likeness (QED) is 0.423. The number of carbonyl (C=O) groups excluding carboxylic acids is 1. The van der Waals surface area contributed by atoms with Gasteiger partial charge in [-0.1, -0.05) is 36.4 Å². The van der Waals surface area contributed by atoms with Crippen molar-refractivity contribution in [3.8, 4) is 5.75 Å². The summed E-state index contributed by atoms with van der Waals surface area (Å²) in [5.41, 5.74) is 3.20. The zero-order valence-electron chi connectivity index (χ0n) is 19.1. The molecule has 3 nitrogen and oxygen atoms in total. The van der Waals surface area contributed by atoms with Crippen LogP contribution < -0.4 is 4.74 Å². The average Bonchev–Trinajstić information content (AvgIpc) is 3.67. The van der Waals surface area contributed by atoms with Crippen LogP contribution in [-0.4, -0.2) is 20.2 Å². The third-order valence-corrected chi connectivity index (χ3v) is 7.12. The average molecular weight is 437 g/mol. The molecule has 0 unspecified atom stereocenters. The maximum Gasteiger partial charge on any atom is 0.306 e. The van der Waals surface area contributed by atoms with Crippen molar-refractivity contribution in [2.75, 3.05) is 14.2 Å². The van der Waals surface area contributed by atoms with Gasteiger partial charge in [0.2, 0.25) is 0 Å². The van der Waals surface area contributed by atoms with Crippen LogP contribution in [0.3, 0.4) is 0 Å². The molecule has 0 amide bonds. The topological polar surface area (TPSA) is 35.5 Å². The lowest BCUT2D eigenvalue weighted by Gasteiger charge is -2.27. The van der Waals surface area contributed by atoms with Gasteiger partial charge in [0.25, 0.3) is 0 Å². The fourth-order valence-corrected chi connectivity index (χ4v) is 5.04. The van der Waals surface area contributed by atoms with Gasteiger partial charge in [-0.05, 0) is 97.1 Å². The van der Waals surface area contributed by atoms with Crippen molar-refractivity contribution in [3.63, 3.8) is 0 Å². The Bertz CT molecular complexity index is 955. The standard InChI is InChI=1S/C28H33FO3/c1-31-24-14-15-27(29)26(17-24)22-10-8-19(9-11-22)6-7-20-4-3-5-23(16-20)25(21-12-13-21)18-28(30)32-2/h3-7,14-17,19,21-22,25H,8-13,18H2,1-2H3/b7-6+/t19?,22?,25-/m0/s1. The molecule has 0 N–H and O–H groups in total. The highest BCUT2D eigenvalue weighted by Gasteiger charge is 2.34. The molecule has 0 aromatic heterocycles. The fraction of sp³-hybridized carbons (Fsp3) is 0.464. The zero-order valence-corrected chi connectivity index (χ0v) is 19.1. The predicted molar refractivity (Wildman–Crippen MR) is 125 cm³/mol. The summed E-state index contributed by atoms with van der Waals surface area (Å²) in [7, 11) is 3.08. The van der Waals surface area contributed by atoms with Gasteiger partial charge in [-0.15, -0.1) is 0 Å². The van der Waals surface area contributed by atoms with Crippen molar-refractivity contribution in [3.05, 3.63) is 71.0 Å². The Morgan fingerprint density at radius 3 is 2.53 bits per heavy atom. The molecule has 0 radical (unpaired) electrons. The summed E-state index contributed by atoms with van der Waals surface area (Å²) in [6.07, 6.45) is 11.5. The molecule has 2 aliphatic rings. The van der Waals surface area contributed by atoms with Crippen molar-refractivity contribution < 1.29 is 18.7 Å². The Kier molecular flexibility index (Phi) is 7.29. The zero-order chi connectivity index (χ0) is 22.5. The van der Waals surface area contributed by atoms with E-state index in [1.165, 1.54) is 37.1 Å². The Morgan fingerprint density at radius 2 is 1.84 bits per heavy atom. The third-order valence-electron chi connectivity index (χ3n) is 7.12. The van der Waals surface area contributed by atoms with E-state index < -0.39 is 0 Å². The predicted octanol–water partition coefficient (Wildman–Crippen LogP) is 6.88. The van der Waals surface area contributed by atoms with E-state index in [1.54, 1.807) is 13.2 Å². The molecule has 0 aliphatic heterocycles. The smallest absolute Gasteiger partial charge is 0.306 e. The number of halogens is 1. The van der Waals surface area contributed by atoms with E-state index in [0.717, 1.165) is 37.0 Å². The molecule has 170 valence electrons. The van der Waals surface area contributed by atoms with Crippen LogP contribution in [0.25, 0.3) is 6.08 Å². The first-order valence-corrected chi connectivity index (χ1v) is 11.8. The molecule has 2 aliphatic carbocycles. The molecular weight excluding hydrogens is 403 g/mol. The minimum absolute atomic E-state index is 0.126. The Labute approximate surface area is 190 Å². The van der Waals surface area contributed by atoms with Crippen molar-refractivity contribution in [1.29, 1.82) is 0 Å². The summed E-state index contributed by atoms with van der Waals surface area (Å²) in [6, 6.07) is 13.6. The van der Waals surface area contributed by atoms with E-state index in [-0.39, 0.29) is 23.6 Å². The van der Waals surface area contributed by atoms with E-state index in [9.17, 15) is 9.18 Å². The molecule has 0 saturated heterocycles. The molecule has 0 bridgehead atoms. The first-order chi connectivity index (χ1) is 15.6. The van der Waals surface area contributed by atoms with Gasteiger partial charge < -0.3 is 9.47 Å². The summed E-state index contributed by atoms with van der Waals surface area (Å²) in [5, 5.41) is 0. The van der Waals surface area contributed by atoms with Crippen molar-refractivity contribution in [2.24, 2.45) is 11.8 Å². The highest BCUT2D eigenvalue weighted by molar-refractivity contribution is 5.70. The van der Waals surface area contributed by atoms with Gasteiger partial charge in [0.05, 0.1) is 20.6 Å². The van der Waals surface area contributed by atoms with E-state index in [0.29, 0.717) is 18.3 Å². The van der Waals surface area contributed by atoms with Crippen LogP contribution in [0.2, 0.25) is 0 Å². The lowest BCUT2D eigenvalue weighted by Crippen LogP contribution is -2.13. The van der Waals surface area contributed by atoms with Crippen LogP contribution in [-0.2, 0) is 9.53 Å². The van der Waals surface area contributed by atoms with Gasteiger partial charge >= 0.3 is 5.97 Å². The monoisotopic (exact) mass is 436 g/mol. The first kappa shape index (κ1) is 22.6. The number of benzene rings is 2. The number of methoxy groups -OCH3 is 2. The maximum atomic E-state index is 14.3. The van der Waals surface area contributed by atoms with Crippen LogP contribution in [0.4, 0.5) is 4.39 Å². The highest BCUT2D eigenvalue weighted by Crippen LogP contribution is 2.45. The van der Waals surface area contributed by atoms with Crippen LogP contribution in [0.15, 0.2) is 48.5 Å². The number of rotatable bonds is 8. The summed E-state index contributed by atoms with van der Waals surface area (Å²) in [4.78, 5) is 11.9. The molecule has 4 rings (SSSR count). The number of hydrogen-bond acceptors (Lipinski definition) is 3. The van der Waals surface area contributed by atoms with Crippen molar-refractivity contribution in [1.82, 2.24) is 0 Å². The SMILES string of the molecule is COC(=O)C[C@H](c1cccc(/C=C/C2CCC(c3cc(OC)ccc3F)CC2)c1)C1CC1. The summed E-state index contributed by atoms with van der Waals surface area (Å²) < 4.78 is 24.5. The van der Waals surface area contributed by atoms with Crippen LogP contribution >= 0.6 is 0 Å². The lowest BCUT2D eigenvalue weighted by molar-refractivity contribution is -0.141. The number of hydrogen-bond donors (Lipinski definition) is 0. The number of carbonyl (C=O) groups is 1. The summed E-state index contributed by atoms with van der Waals surface area (Å²) >= 11 is 0. The van der Waals surface area contributed by atoms with Gasteiger partial charge in [-0.3, -0.25) is 4.79 Å². The molecular formula is C28H33FO3. The second kappa shape index (κ2) is 10.3. The second-order valence-electron chi connectivity index (χ2n) is 9.25. The molecule has 4 heteroatoms. The molecule has 0 spiro atoms. The van der Waals surface area contributed by atoms with Gasteiger partial charge in [0.15, 0.2) is 0 Å². The van der Waals surface area contributed by atoms with Gasteiger partial charge in [-0.2, -0.15) is 0 Å². The molecule has 2 aromatic rings. The number of ether oxygens (including phenoxy) is 2. The largest absolute Gasteiger partial charge is 0.497 e. The van der Waals surface area contributed by atoms with Crippen molar-refractivity contribution >= 4 is 12.0 Å². The van der Waals surface area contributed by atoms with E-state index in [1.807, 2.05) is 6.07 Å². The molecule has 32 heavy (non-hydrogen) atoms. The Hall–Kier alpha value is -2.62. The minimum atomic E-state index is -0.132. The van der Waals surface area contributed by atoms with Gasteiger partial charge in [0, 0.05) is 0 Å². The number of allylic oxidation sites excluding steroid dienone is 1. The summed E-state index contributed by atoms with van der Waals surface area (Å²) in [6.45, 7) is 0. The third kappa shape index (κ3) is 5.59. The molecule has 0 heterocycles. The number of esters is 1. The highest BCUT2D eigenvalue weighted by atomic mass is 19.1. The Morgan fingerprint density at radius 1 is 1.06 bits per heavy atom. The van der Waals surface area contributed by atoms with Crippen molar-refractivity contribution in [2.45, 2.75) is 56.8 Å². The van der Waals surface area contributed by atoms with Crippen LogP contribution in [0.1, 0.15) is 73.5 Å². The normalized spacial score (nSPS) is 22.0. The van der Waals surface area contributed by atoms with E-state index in [4.69, 9.17) is 9.47 Å². The molecule has 1 atom stereocenters. The Balaban J connectivity index is 1.37. The fourth-order valence-electron chi connectivity index (χ4n) is 5.04. The van der Waals surface area contributed by atoms with Gasteiger partial charge in [0.1, 0.15) is 11.6 Å². The van der Waals surface area contributed by atoms with Gasteiger partial charge in [-0.25, -0.2) is 4.39 Å². The maximum absolute atomic E-state index is 14.3. The second-order valence-corrected chi connectivity index (χ2v) is 9.25. The lowest BCUT2D eigenvalue weighted by atomic mass is 9.78. The minimum Gasteiger partial charge on any atom is -0.497 e. The molecule has 2 aromatic carbocycles. The molecule has 2 fully saturated rings. The summed E-state index contributed by atoms with van der Waals surface area (Å²) in [5.74, 6) is 2.09. The van der Waals surface area contributed by atoms with E-state index in [2.05, 4.69) is 36.4 Å². The first-order valence-electron chi connectivity index (χ1n) is 11.8. The van der Waals surface area contributed by atoms with Crippen LogP contribution in [0, 0.1) is 17.7 Å². The van der Waals surface area contributed by atoms with E-state index >= 15 is 0 Å².